The number of fused-ring (bicyclic) bond motifs is 6. The number of aromatic nitrogens is 4. The van der Waals surface area contributed by atoms with E-state index in [1.165, 1.54) is 57.3 Å². The lowest BCUT2D eigenvalue weighted by atomic mass is 9.99. The van der Waals surface area contributed by atoms with Crippen LogP contribution in [-0.2, 0) is 84.5 Å². The highest BCUT2D eigenvalue weighted by Crippen LogP contribution is 2.41. The van der Waals surface area contributed by atoms with Gasteiger partial charge in [0, 0.05) is 30.9 Å². The number of urea groups is 1. The van der Waals surface area contributed by atoms with Crippen molar-refractivity contribution in [2.24, 2.45) is 5.14 Å². The van der Waals surface area contributed by atoms with Gasteiger partial charge in [-0.15, -0.1) is 5.26 Å². The van der Waals surface area contributed by atoms with Crippen molar-refractivity contribution < 1.29 is 26.4 Å². The molecule has 2 aromatic heterocycles. The van der Waals surface area contributed by atoms with E-state index < -0.39 is 26.1 Å². The summed E-state index contributed by atoms with van der Waals surface area (Å²) in [5.74, 6) is 0.903. The Hall–Kier alpha value is -4.80. The van der Waals surface area contributed by atoms with Crippen LogP contribution in [0.15, 0.2) is 34.3 Å². The molecule has 0 bridgehead atoms. The number of nitrogens with one attached hydrogen (secondary N) is 2. The van der Waals surface area contributed by atoms with Gasteiger partial charge in [-0.25, -0.2) is 23.1 Å². The van der Waals surface area contributed by atoms with Gasteiger partial charge in [0.2, 0.25) is 0 Å². The number of nitrogens with zero attached hydrogens (tertiary/aromatic N) is 7. The minimum Gasteiger partial charge on any atom is -0.387 e. The Bertz CT molecular complexity index is 2580. The van der Waals surface area contributed by atoms with Gasteiger partial charge >= 0.3 is 6.03 Å². The molecule has 2 aliphatic heterocycles. The second-order valence-electron chi connectivity index (χ2n) is 17.7. The molecule has 2 atom stereocenters. The number of anilines is 1. The zero-order valence-corrected chi connectivity index (χ0v) is 37.8. The van der Waals surface area contributed by atoms with Crippen LogP contribution in [0.5, 0.6) is 5.75 Å². The predicted molar refractivity (Wildman–Crippen MR) is 234 cm³/mol. The summed E-state index contributed by atoms with van der Waals surface area (Å²) in [6.07, 6.45) is 18.7. The molecule has 0 saturated heterocycles. The fourth-order valence-corrected chi connectivity index (χ4v) is 11.8. The van der Waals surface area contributed by atoms with Gasteiger partial charge in [-0.1, -0.05) is 12.1 Å². The molecular weight excluding hydrogens is 829 g/mol. The molecule has 0 spiro atoms. The second-order valence-corrected chi connectivity index (χ2v) is 20.9. The van der Waals surface area contributed by atoms with Gasteiger partial charge in [0.25, 0.3) is 26.3 Å². The predicted octanol–water partition coefficient (Wildman–Crippen LogP) is 5.22. The summed E-state index contributed by atoms with van der Waals surface area (Å²) >= 11 is 0. The van der Waals surface area contributed by atoms with Gasteiger partial charge in [-0.2, -0.15) is 18.6 Å². The molecule has 6 aliphatic rings. The summed E-state index contributed by atoms with van der Waals surface area (Å²) in [7, 11) is 0.145. The molecule has 10 rings (SSSR count). The van der Waals surface area contributed by atoms with E-state index in [4.69, 9.17) is 15.1 Å². The Morgan fingerprint density at radius 1 is 0.694 bits per heavy atom. The van der Waals surface area contributed by atoms with Crippen LogP contribution >= 0.6 is 0 Å². The summed E-state index contributed by atoms with van der Waals surface area (Å²) in [6.45, 7) is 1.44. The third kappa shape index (κ3) is 8.87. The number of nitriles is 1. The third-order valence-electron chi connectivity index (χ3n) is 13.3. The van der Waals surface area contributed by atoms with E-state index in [0.29, 0.717) is 6.54 Å². The summed E-state index contributed by atoms with van der Waals surface area (Å²) in [5.41, 5.74) is 13.0. The summed E-state index contributed by atoms with van der Waals surface area (Å²) in [5, 5.41) is 24.9. The van der Waals surface area contributed by atoms with Crippen LogP contribution in [0.4, 0.5) is 10.5 Å². The van der Waals surface area contributed by atoms with Gasteiger partial charge in [0.05, 0.1) is 23.5 Å². The molecule has 0 saturated carbocycles. The average Bonchev–Trinajstić information content (AvgIpc) is 4.07. The monoisotopic (exact) mass is 886 g/mol. The highest BCUT2D eigenvalue weighted by molar-refractivity contribution is 7.90. The quantitative estimate of drug-likeness (QED) is 0.205. The van der Waals surface area contributed by atoms with Gasteiger partial charge in [0.1, 0.15) is 5.75 Å². The van der Waals surface area contributed by atoms with Crippen LogP contribution in [0.25, 0.3) is 0 Å². The molecular formula is C44H58N10O6S2. The van der Waals surface area contributed by atoms with E-state index >= 15 is 0 Å². The first-order valence-corrected chi connectivity index (χ1v) is 24.9. The number of ether oxygens (including phenoxy) is 1. The Labute approximate surface area is 364 Å². The van der Waals surface area contributed by atoms with Crippen molar-refractivity contribution in [3.63, 3.8) is 0 Å². The topological polar surface area (TPSA) is 211 Å². The molecule has 4 N–H and O–H groups in total. The molecule has 18 heteroatoms. The highest BCUT2D eigenvalue weighted by Gasteiger charge is 2.32. The maximum absolute atomic E-state index is 12.9. The van der Waals surface area contributed by atoms with E-state index in [2.05, 4.69) is 42.2 Å². The lowest BCUT2D eigenvalue weighted by Gasteiger charge is -2.28. The number of nitrogens with two attached hydrogens (primary N) is 1. The summed E-state index contributed by atoms with van der Waals surface area (Å²) < 4.78 is 59.2. The van der Waals surface area contributed by atoms with E-state index in [9.17, 15) is 21.6 Å². The fourth-order valence-electron chi connectivity index (χ4n) is 10.4. The van der Waals surface area contributed by atoms with E-state index in [1.807, 2.05) is 34.4 Å². The van der Waals surface area contributed by atoms with Crippen LogP contribution in [0.2, 0.25) is 0 Å². The van der Waals surface area contributed by atoms with Crippen LogP contribution in [0, 0.1) is 11.5 Å². The van der Waals surface area contributed by atoms with Crippen LogP contribution in [0.1, 0.15) is 119 Å². The number of primary sulfonamides is 1. The van der Waals surface area contributed by atoms with Crippen molar-refractivity contribution in [1.82, 2.24) is 34.1 Å². The lowest BCUT2D eigenvalue weighted by Crippen LogP contribution is -2.35. The second kappa shape index (κ2) is 17.8. The number of amides is 2. The molecule has 4 aromatic rings. The van der Waals surface area contributed by atoms with Gasteiger partial charge < -0.3 is 19.9 Å². The van der Waals surface area contributed by atoms with Crippen molar-refractivity contribution in [3.8, 4) is 12.0 Å². The van der Waals surface area contributed by atoms with Gasteiger partial charge in [0.15, 0.2) is 10.1 Å². The first kappa shape index (κ1) is 43.8. The van der Waals surface area contributed by atoms with Crippen LogP contribution in [-0.4, -0.2) is 80.4 Å². The number of carbonyl (C=O) groups is 1. The number of aryl methyl sites for hydroxylation is 6. The normalized spacial score (nSPS) is 19.5. The van der Waals surface area contributed by atoms with Crippen molar-refractivity contribution >= 4 is 31.8 Å². The lowest BCUT2D eigenvalue weighted by molar-refractivity contribution is 0.236. The molecule has 4 aliphatic carbocycles. The number of hydrogen-bond donors (Lipinski definition) is 3. The van der Waals surface area contributed by atoms with E-state index in [1.54, 1.807) is 21.5 Å². The zero-order valence-electron chi connectivity index (χ0n) is 36.2. The average molecular weight is 887 g/mol. The Morgan fingerprint density at radius 2 is 1.13 bits per heavy atom. The molecule has 0 radical (unpaired) electrons. The highest BCUT2D eigenvalue weighted by atomic mass is 32.2. The van der Waals surface area contributed by atoms with Crippen molar-refractivity contribution in [1.29, 1.82) is 5.26 Å². The number of rotatable bonds is 7. The van der Waals surface area contributed by atoms with Crippen molar-refractivity contribution in [2.45, 2.75) is 138 Å². The number of hydrogen-bond acceptors (Lipinski definition) is 11. The first-order chi connectivity index (χ1) is 29.6. The molecule has 2 unspecified atom stereocenters. The molecule has 0 fully saturated rings. The van der Waals surface area contributed by atoms with E-state index in [0.717, 1.165) is 119 Å². The van der Waals surface area contributed by atoms with Gasteiger partial charge in [-0.3, -0.25) is 9.36 Å². The minimum atomic E-state index is -4.06. The number of carbonyl (C=O) groups excluding carboxylic acids is 1. The van der Waals surface area contributed by atoms with Crippen molar-refractivity contribution in [2.75, 3.05) is 33.5 Å². The molecule has 4 heterocycles. The number of benzene rings is 2. The smallest absolute Gasteiger partial charge is 0.333 e. The third-order valence-corrected chi connectivity index (χ3v) is 15.3. The van der Waals surface area contributed by atoms with Crippen molar-refractivity contribution in [3.05, 3.63) is 80.2 Å². The Morgan fingerprint density at radius 3 is 1.58 bits per heavy atom. The largest absolute Gasteiger partial charge is 0.387 e. The molecule has 332 valence electrons. The minimum absolute atomic E-state index is 0.0312. The number of sulfonamides is 2. The SMILES string of the molecule is CN(C)C1CCCn2nc(S(=O)(=O)NC(=O)Nc3c4c(cc5c3CCC5)CCC4)cc21.CN(C)C1CCCn2nc(S(N)(=O)=O)cc21.N#COc1c2c(cc3c1CCC3)CCC2. The Balaban J connectivity index is 0.000000143. The standard InChI is InChI=1S/C22H29N5O3S.C13H13NO.C9H16N4O2S/c1-26(2)18-10-5-11-27-19(18)13-20(24-27)31(29,30)25-22(28)23-21-16-8-3-6-14(16)12-15-7-4-9-17(15)21;14-8-15-13-11-5-1-3-9(11)7-10-4-2-6-12(10)13;1-12(2)7-4-3-5-13-8(7)6-9(11-13)16(10,14)15/h12-13,18H,3-11H2,1-2H3,(H2,23,25,28);7H,1-6H2;6-7H,3-5H2,1-2H3,(H2,10,14,15). The maximum Gasteiger partial charge on any atom is 0.333 e. The fraction of sp³-hybridized carbons (Fsp3) is 0.545. The summed E-state index contributed by atoms with van der Waals surface area (Å²) in [4.78, 5) is 16.9. The molecule has 16 nitrogen and oxygen atoms in total. The summed E-state index contributed by atoms with van der Waals surface area (Å²) in [6, 6.07) is 7.42. The molecule has 2 aromatic carbocycles. The molecule has 2 amide bonds. The van der Waals surface area contributed by atoms with Gasteiger partial charge in [-0.05, 0) is 175 Å². The van der Waals surface area contributed by atoms with E-state index in [-0.39, 0.29) is 22.1 Å². The zero-order chi connectivity index (χ0) is 43.9. The van der Waals surface area contributed by atoms with Crippen LogP contribution < -0.4 is 19.9 Å². The first-order valence-electron chi connectivity index (χ1n) is 21.9. The maximum atomic E-state index is 12.9. The van der Waals surface area contributed by atoms with Crippen LogP contribution in [0.3, 0.4) is 0 Å². The Kier molecular flexibility index (Phi) is 12.6. The molecule has 62 heavy (non-hydrogen) atoms.